The molecule has 0 aliphatic carbocycles. The summed E-state index contributed by atoms with van der Waals surface area (Å²) in [5.41, 5.74) is -0.108. The molecule has 1 aromatic rings. The lowest BCUT2D eigenvalue weighted by Gasteiger charge is -2.25. The highest BCUT2D eigenvalue weighted by atomic mass is 32.2. The molecule has 0 saturated carbocycles. The second-order valence-electron chi connectivity index (χ2n) is 5.48. The Kier molecular flexibility index (Phi) is 4.52. The van der Waals surface area contributed by atoms with Crippen molar-refractivity contribution in [2.24, 2.45) is 5.41 Å². The molecule has 0 bridgehead atoms. The van der Waals surface area contributed by atoms with Gasteiger partial charge >= 0.3 is 0 Å². The Labute approximate surface area is 108 Å². The fraction of sp³-hybridized carbons (Fsp3) is 0.727. The van der Waals surface area contributed by atoms with Gasteiger partial charge in [-0.25, -0.2) is 12.7 Å². The van der Waals surface area contributed by atoms with Gasteiger partial charge in [-0.2, -0.15) is 5.10 Å². The zero-order valence-corrected chi connectivity index (χ0v) is 12.1. The Morgan fingerprint density at radius 2 is 2.06 bits per heavy atom. The minimum atomic E-state index is -3.50. The van der Waals surface area contributed by atoms with Crippen LogP contribution in [-0.2, 0) is 16.6 Å². The summed E-state index contributed by atoms with van der Waals surface area (Å²) < 4.78 is 27.2. The number of sulfonamides is 1. The third kappa shape index (κ3) is 3.79. The summed E-state index contributed by atoms with van der Waals surface area (Å²) in [5, 5.41) is 12.7. The van der Waals surface area contributed by atoms with Crippen LogP contribution in [0.25, 0.3) is 0 Å². The quantitative estimate of drug-likeness (QED) is 0.851. The normalized spacial score (nSPS) is 13.2. The molecule has 0 radical (unpaired) electrons. The maximum Gasteiger partial charge on any atom is 0.245 e. The maximum absolute atomic E-state index is 12.2. The van der Waals surface area contributed by atoms with E-state index in [0.29, 0.717) is 13.1 Å². The van der Waals surface area contributed by atoms with E-state index in [2.05, 4.69) is 5.10 Å². The van der Waals surface area contributed by atoms with Gasteiger partial charge in [-0.05, 0) is 5.41 Å². The molecule has 104 valence electrons. The van der Waals surface area contributed by atoms with E-state index in [9.17, 15) is 8.42 Å². The van der Waals surface area contributed by atoms with Gasteiger partial charge in [-0.15, -0.1) is 0 Å². The zero-order valence-electron chi connectivity index (χ0n) is 11.3. The van der Waals surface area contributed by atoms with Gasteiger partial charge in [-0.3, -0.25) is 4.68 Å². The molecular weight excluding hydrogens is 254 g/mol. The van der Waals surface area contributed by atoms with Gasteiger partial charge in [0.1, 0.15) is 4.90 Å². The highest BCUT2D eigenvalue weighted by molar-refractivity contribution is 7.89. The molecule has 0 fully saturated rings. The van der Waals surface area contributed by atoms with Crippen LogP contribution >= 0.6 is 0 Å². The van der Waals surface area contributed by atoms with E-state index in [0.717, 1.165) is 0 Å². The van der Waals surface area contributed by atoms with E-state index < -0.39 is 10.0 Å². The molecule has 0 amide bonds. The molecule has 1 aromatic heterocycles. The van der Waals surface area contributed by atoms with Crippen molar-refractivity contribution in [2.45, 2.75) is 32.2 Å². The fourth-order valence-electron chi connectivity index (χ4n) is 1.64. The Hall–Kier alpha value is -0.920. The monoisotopic (exact) mass is 275 g/mol. The van der Waals surface area contributed by atoms with Crippen LogP contribution in [0.1, 0.15) is 20.8 Å². The number of nitrogens with zero attached hydrogens (tertiary/aromatic N) is 3. The molecule has 18 heavy (non-hydrogen) atoms. The van der Waals surface area contributed by atoms with E-state index in [-0.39, 0.29) is 16.9 Å². The zero-order chi connectivity index (χ0) is 14.0. The summed E-state index contributed by atoms with van der Waals surface area (Å²) in [4.78, 5) is 0.155. The van der Waals surface area contributed by atoms with Crippen molar-refractivity contribution >= 4 is 10.0 Å². The van der Waals surface area contributed by atoms with Gasteiger partial charge in [-0.1, -0.05) is 20.8 Å². The Bertz CT molecular complexity index is 488. The topological polar surface area (TPSA) is 75.4 Å². The Morgan fingerprint density at radius 3 is 2.56 bits per heavy atom. The summed E-state index contributed by atoms with van der Waals surface area (Å²) in [7, 11) is -1.94. The maximum atomic E-state index is 12.2. The minimum absolute atomic E-state index is 0.0704. The third-order valence-electron chi connectivity index (χ3n) is 2.34. The predicted molar refractivity (Wildman–Crippen MR) is 68.6 cm³/mol. The smallest absolute Gasteiger partial charge is 0.245 e. The minimum Gasteiger partial charge on any atom is -0.394 e. The van der Waals surface area contributed by atoms with E-state index in [4.69, 9.17) is 5.11 Å². The Balaban J connectivity index is 2.91. The lowest BCUT2D eigenvalue weighted by Crippen LogP contribution is -2.34. The second-order valence-corrected chi connectivity index (χ2v) is 7.53. The molecule has 0 atom stereocenters. The molecule has 1 rings (SSSR count). The van der Waals surface area contributed by atoms with Crippen LogP contribution in [0.3, 0.4) is 0 Å². The lowest BCUT2D eigenvalue weighted by molar-refractivity contribution is 0.269. The van der Waals surface area contributed by atoms with Crippen molar-refractivity contribution in [1.82, 2.24) is 14.1 Å². The molecule has 0 saturated heterocycles. The number of hydrogen-bond acceptors (Lipinski definition) is 4. The van der Waals surface area contributed by atoms with E-state index in [1.807, 2.05) is 20.8 Å². The van der Waals surface area contributed by atoms with Gasteiger partial charge in [0.15, 0.2) is 0 Å². The van der Waals surface area contributed by atoms with Crippen LogP contribution in [0.15, 0.2) is 17.3 Å². The molecule has 0 aliphatic rings. The van der Waals surface area contributed by atoms with Crippen LogP contribution in [0.5, 0.6) is 0 Å². The molecule has 0 spiro atoms. The highest BCUT2D eigenvalue weighted by Crippen LogP contribution is 2.20. The second kappa shape index (κ2) is 5.38. The standard InChI is InChI=1S/C11H21N3O3S/c1-11(2,3)9-13(4)18(16,17)10-7-12-14(8-10)5-6-15/h7-8,15H,5-6,9H2,1-4H3. The van der Waals surface area contributed by atoms with Gasteiger partial charge in [0.05, 0.1) is 19.3 Å². The largest absolute Gasteiger partial charge is 0.394 e. The number of hydrogen-bond donors (Lipinski definition) is 1. The summed E-state index contributed by atoms with van der Waals surface area (Å²) in [6.45, 7) is 6.59. The SMILES string of the molecule is CN(CC(C)(C)C)S(=O)(=O)c1cnn(CCO)c1. The molecule has 1 heterocycles. The van der Waals surface area contributed by atoms with Crippen LogP contribution in [0, 0.1) is 5.41 Å². The molecule has 6 nitrogen and oxygen atoms in total. The van der Waals surface area contributed by atoms with E-state index >= 15 is 0 Å². The summed E-state index contributed by atoms with van der Waals surface area (Å²) >= 11 is 0. The van der Waals surface area contributed by atoms with Gasteiger partial charge in [0.25, 0.3) is 0 Å². The molecule has 0 unspecified atom stereocenters. The van der Waals surface area contributed by atoms with E-state index in [1.165, 1.54) is 21.4 Å². The van der Waals surface area contributed by atoms with Crippen molar-refractivity contribution in [3.63, 3.8) is 0 Å². The fourth-order valence-corrected chi connectivity index (χ4v) is 2.99. The van der Waals surface area contributed by atoms with Crippen LogP contribution in [0.2, 0.25) is 0 Å². The number of aliphatic hydroxyl groups excluding tert-OH is 1. The molecular formula is C11H21N3O3S. The van der Waals surface area contributed by atoms with Crippen molar-refractivity contribution in [3.8, 4) is 0 Å². The third-order valence-corrected chi connectivity index (χ3v) is 4.10. The molecule has 0 aliphatic heterocycles. The van der Waals surface area contributed by atoms with Crippen LogP contribution < -0.4 is 0 Å². The number of aliphatic hydroxyl groups is 1. The van der Waals surface area contributed by atoms with Crippen molar-refractivity contribution < 1.29 is 13.5 Å². The van der Waals surface area contributed by atoms with Crippen LogP contribution in [0.4, 0.5) is 0 Å². The van der Waals surface area contributed by atoms with Gasteiger partial charge < -0.3 is 5.11 Å². The first-order valence-electron chi connectivity index (χ1n) is 5.76. The van der Waals surface area contributed by atoms with Crippen molar-refractivity contribution in [2.75, 3.05) is 20.2 Å². The van der Waals surface area contributed by atoms with Gasteiger partial charge in [0.2, 0.25) is 10.0 Å². The molecule has 1 N–H and O–H groups in total. The number of aromatic nitrogens is 2. The highest BCUT2D eigenvalue weighted by Gasteiger charge is 2.26. The first kappa shape index (κ1) is 15.1. The van der Waals surface area contributed by atoms with Crippen LogP contribution in [-0.4, -0.2) is 47.8 Å². The molecule has 7 heteroatoms. The first-order chi connectivity index (χ1) is 8.16. The van der Waals surface area contributed by atoms with Crippen molar-refractivity contribution in [3.05, 3.63) is 12.4 Å². The van der Waals surface area contributed by atoms with E-state index in [1.54, 1.807) is 7.05 Å². The average molecular weight is 275 g/mol. The molecule has 0 aromatic carbocycles. The summed E-state index contributed by atoms with van der Waals surface area (Å²) in [6.07, 6.45) is 2.74. The summed E-state index contributed by atoms with van der Waals surface area (Å²) in [6, 6.07) is 0. The van der Waals surface area contributed by atoms with Crippen molar-refractivity contribution in [1.29, 1.82) is 0 Å². The average Bonchev–Trinajstić information content (AvgIpc) is 2.64. The lowest BCUT2D eigenvalue weighted by atomic mass is 9.97. The Morgan fingerprint density at radius 1 is 1.44 bits per heavy atom. The first-order valence-corrected chi connectivity index (χ1v) is 7.20. The van der Waals surface area contributed by atoms with Gasteiger partial charge in [0, 0.05) is 19.8 Å². The number of rotatable bonds is 5. The predicted octanol–water partition coefficient (Wildman–Crippen LogP) is 0.542. The summed E-state index contributed by atoms with van der Waals surface area (Å²) in [5.74, 6) is 0.